The number of phenols is 4. The van der Waals surface area contributed by atoms with Crippen molar-refractivity contribution in [1.29, 1.82) is 0 Å². The van der Waals surface area contributed by atoms with Crippen LogP contribution in [0.3, 0.4) is 0 Å². The van der Waals surface area contributed by atoms with Crippen molar-refractivity contribution >= 4 is 93.0 Å². The van der Waals surface area contributed by atoms with Crippen molar-refractivity contribution in [2.24, 2.45) is 25.9 Å². The zero-order valence-corrected chi connectivity index (χ0v) is 95.6. The van der Waals surface area contributed by atoms with Gasteiger partial charge in [-0.3, -0.25) is 20.0 Å². The maximum absolute atomic E-state index is 11.6. The molecular weight excluding hydrogens is 2080 g/mol. The summed E-state index contributed by atoms with van der Waals surface area (Å²) in [5, 5.41) is 44.9. The van der Waals surface area contributed by atoms with E-state index in [-0.39, 0.29) is 0 Å². The first-order valence-electron chi connectivity index (χ1n) is 51.6. The van der Waals surface area contributed by atoms with Gasteiger partial charge >= 0.3 is 151 Å². The molecule has 20 heteroatoms. The van der Waals surface area contributed by atoms with Crippen LogP contribution in [0.1, 0.15) is 491 Å². The molecular formula is C109H166Cl8N4O4Zr4. The van der Waals surface area contributed by atoms with Crippen molar-refractivity contribution in [2.75, 3.05) is 0 Å². The number of hydrogen-bond donors (Lipinski definition) is 4. The van der Waals surface area contributed by atoms with Crippen molar-refractivity contribution in [2.45, 2.75) is 473 Å². The fourth-order valence-electron chi connectivity index (χ4n) is 21.1. The molecule has 13 rings (SSSR count). The Kier molecular flexibility index (Phi) is 69.8. The Hall–Kier alpha value is -0.168. The monoisotopic (exact) mass is 2230 g/mol. The Morgan fingerprint density at radius 1 is 0.256 bits per heavy atom. The standard InChI is InChI=1S/C31H43NO.3C26H41NO.8ClH.4Zr/c33-31-29(26-18-10-6-4-2-1-3-5-7-11-19-26)23-22-28(25-16-12-8-13-17-25)30(31)24-32-27-20-14-9-15-21-27;1-21-18-23(20-27-24-16-12-9-13-17-24)26(28)25(19-21)22-14-10-7-5-3-2-4-6-8-11-15-22;1-21-18-19-24(22-14-10-7-5-3-2-4-6-8-11-15-22)26(28)25(21)20-27-23-16-12-9-13-17-23;1-21-16-18-24(19-17-21)27-20-23-14-11-15-25(26(23)28)22-12-9-7-5-3-2-4-6-8-10-13-22;;;;;;;;;;;;/h8,12-13,16-17,22-24,26-27,33H,1-7,9-11,14-15,18-21H2;18-20,22,24,28H,2-17H2,1H3;18-20,22-23,28H,2-17H2,1H3;11,14-15,20-22,24,28H,2-10,12-13,16-19H2,1H3;8*1H;;;;/q;;;;;;;;;;;;4*+2/p-8. The second-order valence-corrected chi connectivity index (χ2v) is 53.6. The van der Waals surface area contributed by atoms with E-state index in [9.17, 15) is 20.4 Å². The third kappa shape index (κ3) is 49.7. The molecule has 0 amide bonds. The molecule has 0 radical (unpaired) electrons. The number of nitrogens with zero attached hydrogens (tertiary/aromatic N) is 4. The molecule has 718 valence electrons. The van der Waals surface area contributed by atoms with Crippen LogP contribution >= 0.6 is 68.1 Å². The van der Waals surface area contributed by atoms with Gasteiger partial charge in [0.25, 0.3) is 0 Å². The summed E-state index contributed by atoms with van der Waals surface area (Å²) in [4.78, 5) is 19.5. The van der Waals surface area contributed by atoms with E-state index in [2.05, 4.69) is 99.6 Å². The van der Waals surface area contributed by atoms with Gasteiger partial charge in [0.15, 0.2) is 0 Å². The summed E-state index contributed by atoms with van der Waals surface area (Å²) < 4.78 is 0. The van der Waals surface area contributed by atoms with Crippen LogP contribution in [0.2, 0.25) is 0 Å². The van der Waals surface area contributed by atoms with Gasteiger partial charge in [-0.15, -0.1) is 0 Å². The zero-order valence-electron chi connectivity index (χ0n) is 79.7. The molecule has 0 aromatic heterocycles. The molecule has 0 heterocycles. The van der Waals surface area contributed by atoms with E-state index in [0.29, 0.717) is 70.8 Å². The molecule has 8 aliphatic rings. The van der Waals surface area contributed by atoms with Crippen LogP contribution in [0.5, 0.6) is 23.0 Å². The van der Waals surface area contributed by atoms with E-state index in [1.807, 2.05) is 30.9 Å². The number of aryl methyl sites for hydroxylation is 2. The molecule has 0 aliphatic heterocycles. The summed E-state index contributed by atoms with van der Waals surface area (Å²) in [6.45, 7) is 6.61. The molecule has 8 aliphatic carbocycles. The quantitative estimate of drug-likeness (QED) is 0.0875. The minimum atomic E-state index is -0.826. The van der Waals surface area contributed by atoms with Gasteiger partial charge in [0.1, 0.15) is 23.0 Å². The molecule has 0 atom stereocenters. The number of aliphatic imine (C=N–C) groups is 4. The van der Waals surface area contributed by atoms with Gasteiger partial charge in [-0.1, -0.05) is 369 Å². The van der Waals surface area contributed by atoms with Crippen molar-refractivity contribution in [1.82, 2.24) is 0 Å². The number of halogens is 8. The minimum absolute atomic E-state index is 0.409. The summed E-state index contributed by atoms with van der Waals surface area (Å²) >= 11 is -3.30. The van der Waals surface area contributed by atoms with Gasteiger partial charge < -0.3 is 20.4 Å². The average Bonchev–Trinajstić information content (AvgIpc) is 0.745. The van der Waals surface area contributed by atoms with E-state index in [1.165, 1.54) is 427 Å². The van der Waals surface area contributed by atoms with Crippen LogP contribution in [0, 0.1) is 19.8 Å². The number of hydrogen-bond acceptors (Lipinski definition) is 8. The third-order valence-electron chi connectivity index (χ3n) is 28.8. The Bertz CT molecular complexity index is 3720. The number of rotatable bonds is 13. The van der Waals surface area contributed by atoms with Gasteiger partial charge in [0, 0.05) is 71.3 Å². The summed E-state index contributed by atoms with van der Waals surface area (Å²) in [7, 11) is 39.5. The van der Waals surface area contributed by atoms with Gasteiger partial charge in [-0.05, 0) is 216 Å². The normalized spacial score (nSPS) is 21.0. The van der Waals surface area contributed by atoms with Crippen LogP contribution in [-0.2, 0) is 83.4 Å². The van der Waals surface area contributed by atoms with E-state index in [0.717, 1.165) is 50.4 Å². The topological polar surface area (TPSA) is 130 Å². The molecule has 5 aromatic rings. The van der Waals surface area contributed by atoms with Gasteiger partial charge in [-0.2, -0.15) is 0 Å². The van der Waals surface area contributed by atoms with Crippen LogP contribution < -0.4 is 0 Å². The summed E-state index contributed by atoms with van der Waals surface area (Å²) in [5.41, 5.74) is 13.1. The predicted octanol–water partition coefficient (Wildman–Crippen LogP) is 38.2. The summed E-state index contributed by atoms with van der Waals surface area (Å²) in [5.74, 6) is 4.80. The molecule has 0 bridgehead atoms. The number of phenolic OH excluding ortho intramolecular Hbond substituents is 4. The number of para-hydroxylation sites is 1. The Morgan fingerprint density at radius 3 is 0.891 bits per heavy atom. The Balaban J connectivity index is 0.000000255. The number of benzene rings is 5. The van der Waals surface area contributed by atoms with E-state index in [1.54, 1.807) is 0 Å². The zero-order chi connectivity index (χ0) is 92.4. The molecule has 0 saturated heterocycles. The molecule has 0 unspecified atom stereocenters. The third-order valence-corrected chi connectivity index (χ3v) is 28.8. The Labute approximate surface area is 860 Å². The predicted molar refractivity (Wildman–Crippen MR) is 551 cm³/mol. The van der Waals surface area contributed by atoms with Crippen molar-refractivity contribution in [3.63, 3.8) is 0 Å². The van der Waals surface area contributed by atoms with Crippen LogP contribution in [0.15, 0.2) is 105 Å². The van der Waals surface area contributed by atoms with Crippen LogP contribution in [-0.4, -0.2) is 69.5 Å². The first-order valence-corrected chi connectivity index (χ1v) is 76.9. The second kappa shape index (κ2) is 76.6. The maximum atomic E-state index is 11.6. The molecule has 8 fully saturated rings. The Morgan fingerprint density at radius 2 is 0.527 bits per heavy atom. The molecule has 8 saturated carbocycles. The number of aromatic hydroxyl groups is 4. The fraction of sp³-hybridized carbons (Fsp3) is 0.688. The van der Waals surface area contributed by atoms with Crippen LogP contribution in [0.4, 0.5) is 0 Å². The van der Waals surface area contributed by atoms with Gasteiger partial charge in [0.05, 0.1) is 0 Å². The van der Waals surface area contributed by atoms with Crippen molar-refractivity contribution < 1.29 is 104 Å². The second-order valence-electron chi connectivity index (χ2n) is 38.7. The van der Waals surface area contributed by atoms with Crippen molar-refractivity contribution in [3.8, 4) is 34.1 Å². The van der Waals surface area contributed by atoms with E-state index >= 15 is 0 Å². The van der Waals surface area contributed by atoms with Crippen LogP contribution in [0.25, 0.3) is 11.1 Å². The molecule has 4 N–H and O–H groups in total. The van der Waals surface area contributed by atoms with E-state index in [4.69, 9.17) is 88.1 Å². The first-order chi connectivity index (χ1) is 63.2. The van der Waals surface area contributed by atoms with E-state index < -0.39 is 83.4 Å². The summed E-state index contributed by atoms with van der Waals surface area (Å²) in [6, 6.07) is 31.8. The van der Waals surface area contributed by atoms with Crippen molar-refractivity contribution in [3.05, 3.63) is 141 Å². The molecule has 8 nitrogen and oxygen atoms in total. The molecule has 129 heavy (non-hydrogen) atoms. The van der Waals surface area contributed by atoms with Gasteiger partial charge in [0.2, 0.25) is 0 Å². The molecule has 0 spiro atoms. The van der Waals surface area contributed by atoms with Gasteiger partial charge in [-0.25, -0.2) is 0 Å². The molecule has 5 aromatic carbocycles. The summed E-state index contributed by atoms with van der Waals surface area (Å²) in [6.07, 6.45) is 90.5. The first kappa shape index (κ1) is 118. The fourth-order valence-corrected chi connectivity index (χ4v) is 21.1. The average molecular weight is 2250 g/mol. The SMILES string of the molecule is CC1CCC(N=Cc2cccc(C3CCCCCCCCCCC3)c2O)CC1.Cc1cc(C=NC2CCCCC2)c(O)c(C2CCCCCCCCCCC2)c1.Cc1ccc(C2CCCCCCCCCCC2)c(O)c1C=NC1CCCCC1.Oc1c(C2CCCCCCCCCCC2)ccc(-c2ccccc2)c1C=NC1CCCCC1.[Cl][Zr][Cl].[Cl][Zr][Cl].[Cl][Zr][Cl].[Cl][Zr][Cl].